The van der Waals surface area contributed by atoms with Crippen LogP contribution in [0.1, 0.15) is 32.1 Å². The van der Waals surface area contributed by atoms with E-state index in [0.29, 0.717) is 12.6 Å². The van der Waals surface area contributed by atoms with Gasteiger partial charge in [-0.15, -0.1) is 0 Å². The number of likely N-dealkylation sites (tertiary alicyclic amines) is 1. The van der Waals surface area contributed by atoms with Crippen molar-refractivity contribution in [2.45, 2.75) is 38.1 Å². The molecule has 1 N–H and O–H groups in total. The zero-order valence-corrected chi connectivity index (χ0v) is 17.1. The average Bonchev–Trinajstić information content (AvgIpc) is 3.34. The van der Waals surface area contributed by atoms with Gasteiger partial charge in [-0.2, -0.15) is 0 Å². The molecule has 2 aliphatic rings. The number of benzene rings is 1. The second kappa shape index (κ2) is 9.01. The topological polar surface area (TPSA) is 60.8 Å². The number of imidazole rings is 1. The number of ether oxygens (including phenoxy) is 3. The molecule has 4 rings (SSSR count). The van der Waals surface area contributed by atoms with Crippen molar-refractivity contribution in [1.82, 2.24) is 14.5 Å². The second-order valence-electron chi connectivity index (χ2n) is 7.77. The lowest BCUT2D eigenvalue weighted by molar-refractivity contribution is 0.0902. The van der Waals surface area contributed by atoms with Gasteiger partial charge in [0.1, 0.15) is 0 Å². The Morgan fingerprint density at radius 2 is 1.96 bits per heavy atom. The summed E-state index contributed by atoms with van der Waals surface area (Å²) in [5, 5.41) is 3.56. The highest BCUT2D eigenvalue weighted by atomic mass is 16.5. The van der Waals surface area contributed by atoms with Gasteiger partial charge in [-0.25, -0.2) is 4.98 Å². The van der Waals surface area contributed by atoms with Crippen molar-refractivity contribution in [2.24, 2.45) is 7.05 Å². The van der Waals surface area contributed by atoms with Gasteiger partial charge in [-0.05, 0) is 45.2 Å². The van der Waals surface area contributed by atoms with Crippen molar-refractivity contribution >= 4 is 17.0 Å². The minimum Gasteiger partial charge on any atom is -0.493 e. The van der Waals surface area contributed by atoms with Crippen molar-refractivity contribution in [3.8, 4) is 11.5 Å². The van der Waals surface area contributed by atoms with Gasteiger partial charge in [0.05, 0.1) is 24.8 Å². The number of rotatable bonds is 8. The molecule has 2 saturated heterocycles. The Hall–Kier alpha value is -1.99. The lowest BCUT2D eigenvalue weighted by Crippen LogP contribution is -2.28. The lowest BCUT2D eigenvalue weighted by atomic mass is 10.1. The van der Waals surface area contributed by atoms with Gasteiger partial charge >= 0.3 is 0 Å². The first-order valence-corrected chi connectivity index (χ1v) is 10.5. The third kappa shape index (κ3) is 4.36. The van der Waals surface area contributed by atoms with Crippen LogP contribution in [0.2, 0.25) is 0 Å². The molecule has 0 bridgehead atoms. The monoisotopic (exact) mass is 388 g/mol. The molecule has 0 radical (unpaired) electrons. The molecule has 0 unspecified atom stereocenters. The van der Waals surface area contributed by atoms with Crippen LogP contribution >= 0.6 is 0 Å². The van der Waals surface area contributed by atoms with E-state index in [-0.39, 0.29) is 0 Å². The van der Waals surface area contributed by atoms with E-state index >= 15 is 0 Å². The number of anilines is 1. The van der Waals surface area contributed by atoms with E-state index in [2.05, 4.69) is 14.8 Å². The van der Waals surface area contributed by atoms with Crippen molar-refractivity contribution in [3.63, 3.8) is 0 Å². The summed E-state index contributed by atoms with van der Waals surface area (Å²) in [7, 11) is 3.73. The molecule has 154 valence electrons. The Morgan fingerprint density at radius 3 is 2.71 bits per heavy atom. The summed E-state index contributed by atoms with van der Waals surface area (Å²) in [5.74, 6) is 2.41. The van der Waals surface area contributed by atoms with Gasteiger partial charge in [0.2, 0.25) is 5.95 Å². The minimum absolute atomic E-state index is 0.410. The van der Waals surface area contributed by atoms with Crippen LogP contribution in [-0.2, 0) is 11.8 Å². The Labute approximate surface area is 166 Å². The summed E-state index contributed by atoms with van der Waals surface area (Å²) in [6.45, 7) is 5.87. The lowest BCUT2D eigenvalue weighted by Gasteiger charge is -2.23. The Kier molecular flexibility index (Phi) is 6.22. The summed E-state index contributed by atoms with van der Waals surface area (Å²) in [6.07, 6.45) is 5.71. The molecule has 1 aromatic heterocycles. The van der Waals surface area contributed by atoms with Crippen LogP contribution < -0.4 is 14.8 Å². The zero-order valence-electron chi connectivity index (χ0n) is 17.1. The van der Waals surface area contributed by atoms with Gasteiger partial charge in [-0.3, -0.25) is 0 Å². The molecule has 3 heterocycles. The number of methoxy groups -OCH3 is 1. The first-order chi connectivity index (χ1) is 13.7. The minimum atomic E-state index is 0.410. The fourth-order valence-electron chi connectivity index (χ4n) is 4.10. The molecule has 0 amide bonds. The molecule has 2 aromatic rings. The van der Waals surface area contributed by atoms with Gasteiger partial charge in [0.15, 0.2) is 11.5 Å². The van der Waals surface area contributed by atoms with Crippen molar-refractivity contribution in [1.29, 1.82) is 0 Å². The van der Waals surface area contributed by atoms with E-state index in [1.54, 1.807) is 7.11 Å². The van der Waals surface area contributed by atoms with E-state index in [1.165, 1.54) is 25.9 Å². The number of hydrogen-bond acceptors (Lipinski definition) is 6. The third-order valence-corrected chi connectivity index (χ3v) is 5.80. The van der Waals surface area contributed by atoms with Crippen molar-refractivity contribution in [3.05, 3.63) is 12.1 Å². The number of nitrogens with zero attached hydrogens (tertiary/aromatic N) is 3. The van der Waals surface area contributed by atoms with Crippen LogP contribution in [0.5, 0.6) is 11.5 Å². The molecule has 1 aromatic carbocycles. The number of nitrogens with one attached hydrogen (secondary N) is 1. The highest BCUT2D eigenvalue weighted by molar-refractivity contribution is 5.82. The molecular weight excluding hydrogens is 356 g/mol. The summed E-state index contributed by atoms with van der Waals surface area (Å²) in [6, 6.07) is 4.43. The smallest absolute Gasteiger partial charge is 0.203 e. The summed E-state index contributed by atoms with van der Waals surface area (Å²) < 4.78 is 19.2. The normalized spacial score (nSPS) is 18.6. The second-order valence-corrected chi connectivity index (χ2v) is 7.77. The molecule has 0 atom stereocenters. The SMILES string of the molecule is COc1cc2c(cc1OCCCN1CCCC1)nc(NC1CCOCC1)n2C. The average molecular weight is 389 g/mol. The molecule has 0 aliphatic carbocycles. The maximum Gasteiger partial charge on any atom is 0.203 e. The third-order valence-electron chi connectivity index (χ3n) is 5.80. The zero-order chi connectivity index (χ0) is 19.3. The predicted molar refractivity (Wildman–Crippen MR) is 111 cm³/mol. The van der Waals surface area contributed by atoms with Crippen LogP contribution in [0.4, 0.5) is 5.95 Å². The number of aromatic nitrogens is 2. The van der Waals surface area contributed by atoms with Crippen molar-refractivity contribution in [2.75, 3.05) is 51.9 Å². The van der Waals surface area contributed by atoms with Crippen LogP contribution in [0, 0.1) is 0 Å². The molecule has 2 aliphatic heterocycles. The Morgan fingerprint density at radius 1 is 1.18 bits per heavy atom. The van der Waals surface area contributed by atoms with E-state index in [9.17, 15) is 0 Å². The molecule has 0 saturated carbocycles. The Bertz CT molecular complexity index is 780. The highest BCUT2D eigenvalue weighted by Crippen LogP contribution is 2.33. The van der Waals surface area contributed by atoms with E-state index in [4.69, 9.17) is 19.2 Å². The van der Waals surface area contributed by atoms with Gasteiger partial charge in [-0.1, -0.05) is 0 Å². The summed E-state index contributed by atoms with van der Waals surface area (Å²) >= 11 is 0. The Balaban J connectivity index is 1.44. The van der Waals surface area contributed by atoms with Crippen LogP contribution in [-0.4, -0.2) is 67.1 Å². The molecular formula is C21H32N4O3. The molecule has 28 heavy (non-hydrogen) atoms. The van der Waals surface area contributed by atoms with Gasteiger partial charge in [0, 0.05) is 45.0 Å². The van der Waals surface area contributed by atoms with Crippen molar-refractivity contribution < 1.29 is 14.2 Å². The summed E-state index contributed by atoms with van der Waals surface area (Å²) in [5.41, 5.74) is 1.96. The van der Waals surface area contributed by atoms with Gasteiger partial charge in [0.25, 0.3) is 0 Å². The highest BCUT2D eigenvalue weighted by Gasteiger charge is 2.18. The van der Waals surface area contributed by atoms with Crippen LogP contribution in [0.15, 0.2) is 12.1 Å². The molecule has 0 spiro atoms. The summed E-state index contributed by atoms with van der Waals surface area (Å²) in [4.78, 5) is 7.31. The first kappa shape index (κ1) is 19.3. The quantitative estimate of drug-likeness (QED) is 0.702. The van der Waals surface area contributed by atoms with Crippen LogP contribution in [0.3, 0.4) is 0 Å². The largest absolute Gasteiger partial charge is 0.493 e. The molecule has 2 fully saturated rings. The fraction of sp³-hybridized carbons (Fsp3) is 0.667. The van der Waals surface area contributed by atoms with Crippen LogP contribution in [0.25, 0.3) is 11.0 Å². The number of hydrogen-bond donors (Lipinski definition) is 1. The maximum atomic E-state index is 6.06. The molecule has 7 heteroatoms. The number of aryl methyl sites for hydroxylation is 1. The van der Waals surface area contributed by atoms with E-state index in [1.807, 2.05) is 19.2 Å². The fourth-order valence-corrected chi connectivity index (χ4v) is 4.10. The number of fused-ring (bicyclic) bond motifs is 1. The standard InChI is InChI=1S/C21H32N4O3/c1-24-18-15-19(26-2)20(28-11-5-10-25-8-3-4-9-25)14-17(18)23-21(24)22-16-6-12-27-13-7-16/h14-16H,3-13H2,1-2H3,(H,22,23). The predicted octanol–water partition coefficient (Wildman–Crippen LogP) is 3.04. The first-order valence-electron chi connectivity index (χ1n) is 10.5. The van der Waals surface area contributed by atoms with E-state index < -0.39 is 0 Å². The molecule has 7 nitrogen and oxygen atoms in total. The van der Waals surface area contributed by atoms with E-state index in [0.717, 1.165) is 67.5 Å². The maximum absolute atomic E-state index is 6.06. The van der Waals surface area contributed by atoms with Gasteiger partial charge < -0.3 is 29.0 Å².